The van der Waals surface area contributed by atoms with Crippen LogP contribution >= 0.6 is 0 Å². The van der Waals surface area contributed by atoms with Gasteiger partial charge in [0, 0.05) is 17.4 Å². The summed E-state index contributed by atoms with van der Waals surface area (Å²) in [6.07, 6.45) is 0.441. The molecule has 0 amide bonds. The molecule has 0 saturated carbocycles. The molecule has 1 aromatic rings. The first-order valence-corrected chi connectivity index (χ1v) is 7.03. The minimum atomic E-state index is -3.28. The van der Waals surface area contributed by atoms with E-state index in [0.717, 1.165) is 16.7 Å². The summed E-state index contributed by atoms with van der Waals surface area (Å²) < 4.78 is 23.7. The Morgan fingerprint density at radius 3 is 2.53 bits per heavy atom. The maximum Gasteiger partial charge on any atom is 0.200 e. The molecule has 3 nitrogen and oxygen atoms in total. The Bertz CT molecular complexity index is 590. The summed E-state index contributed by atoms with van der Waals surface area (Å²) in [7, 11) is -3.28. The fourth-order valence-corrected chi connectivity index (χ4v) is 3.78. The van der Waals surface area contributed by atoms with Gasteiger partial charge < -0.3 is 5.11 Å². The van der Waals surface area contributed by atoms with Crippen LogP contribution < -0.4 is 0 Å². The number of benzene rings is 1. The SMILES string of the molecule is CC1=CS(=O)(=O)c2cccc(CC(C)(C)O)c21. The largest absolute Gasteiger partial charge is 0.390 e. The van der Waals surface area contributed by atoms with Crippen molar-refractivity contribution < 1.29 is 13.5 Å². The van der Waals surface area contributed by atoms with Gasteiger partial charge in [0.05, 0.1) is 10.5 Å². The molecule has 0 unspecified atom stereocenters. The van der Waals surface area contributed by atoms with E-state index in [0.29, 0.717) is 11.3 Å². The van der Waals surface area contributed by atoms with Crippen molar-refractivity contribution >= 4 is 15.4 Å². The van der Waals surface area contributed by atoms with Gasteiger partial charge in [0.25, 0.3) is 0 Å². The van der Waals surface area contributed by atoms with Crippen LogP contribution in [0.15, 0.2) is 28.5 Å². The molecule has 0 radical (unpaired) electrons. The molecule has 0 spiro atoms. The van der Waals surface area contributed by atoms with Gasteiger partial charge in [-0.3, -0.25) is 0 Å². The number of hydrogen-bond acceptors (Lipinski definition) is 3. The van der Waals surface area contributed by atoms with Crippen LogP contribution in [0.25, 0.3) is 5.57 Å². The molecule has 17 heavy (non-hydrogen) atoms. The molecular weight excluding hydrogens is 236 g/mol. The lowest BCUT2D eigenvalue weighted by Gasteiger charge is -2.19. The van der Waals surface area contributed by atoms with Crippen molar-refractivity contribution in [3.63, 3.8) is 0 Å². The lowest BCUT2D eigenvalue weighted by molar-refractivity contribution is 0.0809. The van der Waals surface area contributed by atoms with Crippen LogP contribution in [0.3, 0.4) is 0 Å². The van der Waals surface area contributed by atoms with Gasteiger partial charge in [-0.05, 0) is 38.0 Å². The molecule has 1 aliphatic heterocycles. The second kappa shape index (κ2) is 3.68. The number of fused-ring (bicyclic) bond motifs is 1. The number of hydrogen-bond donors (Lipinski definition) is 1. The first-order chi connectivity index (χ1) is 7.71. The van der Waals surface area contributed by atoms with Gasteiger partial charge in [-0.1, -0.05) is 12.1 Å². The fraction of sp³-hybridized carbons (Fsp3) is 0.385. The molecule has 0 aromatic heterocycles. The van der Waals surface area contributed by atoms with E-state index in [4.69, 9.17) is 0 Å². The smallest absolute Gasteiger partial charge is 0.200 e. The van der Waals surface area contributed by atoms with Gasteiger partial charge in [-0.25, -0.2) is 8.42 Å². The molecule has 1 aromatic carbocycles. The third-order valence-electron chi connectivity index (χ3n) is 2.77. The third-order valence-corrected chi connectivity index (χ3v) is 4.39. The summed E-state index contributed by atoms with van der Waals surface area (Å²) in [5, 5.41) is 11.1. The Kier molecular flexibility index (Phi) is 2.67. The summed E-state index contributed by atoms with van der Waals surface area (Å²) in [6.45, 7) is 5.22. The molecule has 0 bridgehead atoms. The Hall–Kier alpha value is -1.13. The monoisotopic (exact) mass is 252 g/mol. The zero-order valence-electron chi connectivity index (χ0n) is 10.2. The summed E-state index contributed by atoms with van der Waals surface area (Å²) in [4.78, 5) is 0.358. The first-order valence-electron chi connectivity index (χ1n) is 5.49. The maximum atomic E-state index is 11.8. The average Bonchev–Trinajstić information content (AvgIpc) is 2.35. The fourth-order valence-electron chi connectivity index (χ4n) is 2.23. The Morgan fingerprint density at radius 2 is 1.94 bits per heavy atom. The van der Waals surface area contributed by atoms with Crippen LogP contribution in [0.4, 0.5) is 0 Å². The highest BCUT2D eigenvalue weighted by atomic mass is 32.2. The Morgan fingerprint density at radius 1 is 1.29 bits per heavy atom. The third kappa shape index (κ3) is 2.28. The predicted molar refractivity (Wildman–Crippen MR) is 67.3 cm³/mol. The molecule has 92 valence electrons. The zero-order valence-corrected chi connectivity index (χ0v) is 11.0. The number of aliphatic hydroxyl groups is 1. The molecule has 0 saturated heterocycles. The standard InChI is InChI=1S/C13H16O3S/c1-9-8-17(15,16)11-6-4-5-10(12(9)11)7-13(2,3)14/h4-6,8,14H,7H2,1-3H3. The van der Waals surface area contributed by atoms with Gasteiger partial charge in [0.1, 0.15) is 0 Å². The first kappa shape index (κ1) is 12.3. The van der Waals surface area contributed by atoms with Gasteiger partial charge >= 0.3 is 0 Å². The van der Waals surface area contributed by atoms with E-state index in [-0.39, 0.29) is 0 Å². The number of sulfone groups is 1. The molecule has 2 rings (SSSR count). The lowest BCUT2D eigenvalue weighted by atomic mass is 9.92. The van der Waals surface area contributed by atoms with E-state index >= 15 is 0 Å². The molecule has 0 atom stereocenters. The van der Waals surface area contributed by atoms with E-state index in [1.165, 1.54) is 5.41 Å². The van der Waals surface area contributed by atoms with Crippen LogP contribution in [0.2, 0.25) is 0 Å². The van der Waals surface area contributed by atoms with E-state index in [2.05, 4.69) is 0 Å². The number of allylic oxidation sites excluding steroid dienone is 1. The van der Waals surface area contributed by atoms with Crippen molar-refractivity contribution in [2.45, 2.75) is 37.7 Å². The van der Waals surface area contributed by atoms with Gasteiger partial charge in [-0.2, -0.15) is 0 Å². The molecule has 1 heterocycles. The van der Waals surface area contributed by atoms with Crippen LogP contribution in [0.5, 0.6) is 0 Å². The summed E-state index contributed by atoms with van der Waals surface area (Å²) >= 11 is 0. The van der Waals surface area contributed by atoms with Crippen LogP contribution in [0.1, 0.15) is 31.9 Å². The Labute approximate surface area is 102 Å². The van der Waals surface area contributed by atoms with Crippen LogP contribution in [-0.2, 0) is 16.3 Å². The second-order valence-corrected chi connectivity index (χ2v) is 6.89. The second-order valence-electron chi connectivity index (χ2n) is 5.13. The van der Waals surface area contributed by atoms with E-state index < -0.39 is 15.4 Å². The topological polar surface area (TPSA) is 54.4 Å². The Balaban J connectivity index is 2.61. The maximum absolute atomic E-state index is 11.8. The minimum absolute atomic E-state index is 0.358. The van der Waals surface area contributed by atoms with Gasteiger partial charge in [-0.15, -0.1) is 0 Å². The molecule has 0 aliphatic carbocycles. The minimum Gasteiger partial charge on any atom is -0.390 e. The number of rotatable bonds is 2. The molecule has 1 N–H and O–H groups in total. The van der Waals surface area contributed by atoms with Crippen molar-refractivity contribution in [2.75, 3.05) is 0 Å². The van der Waals surface area contributed by atoms with Crippen molar-refractivity contribution in [1.29, 1.82) is 0 Å². The van der Waals surface area contributed by atoms with Crippen molar-refractivity contribution in [1.82, 2.24) is 0 Å². The normalized spacial score (nSPS) is 17.8. The summed E-state index contributed by atoms with van der Waals surface area (Å²) in [5.74, 6) is 0. The summed E-state index contributed by atoms with van der Waals surface area (Å²) in [6, 6.07) is 5.21. The molecular formula is C13H16O3S. The lowest BCUT2D eigenvalue weighted by Crippen LogP contribution is -2.22. The van der Waals surface area contributed by atoms with Crippen LogP contribution in [-0.4, -0.2) is 19.1 Å². The quantitative estimate of drug-likeness (QED) is 0.877. The van der Waals surface area contributed by atoms with E-state index in [1.54, 1.807) is 32.9 Å². The average molecular weight is 252 g/mol. The highest BCUT2D eigenvalue weighted by molar-refractivity contribution is 7.95. The van der Waals surface area contributed by atoms with E-state index in [1.807, 2.05) is 6.07 Å². The van der Waals surface area contributed by atoms with Crippen molar-refractivity contribution in [3.8, 4) is 0 Å². The van der Waals surface area contributed by atoms with E-state index in [9.17, 15) is 13.5 Å². The van der Waals surface area contributed by atoms with Crippen molar-refractivity contribution in [2.24, 2.45) is 0 Å². The predicted octanol–water partition coefficient (Wildman–Crippen LogP) is 2.15. The zero-order chi connectivity index (χ0) is 12.8. The highest BCUT2D eigenvalue weighted by Gasteiger charge is 2.28. The summed E-state index contributed by atoms with van der Waals surface area (Å²) in [5.41, 5.74) is 1.54. The van der Waals surface area contributed by atoms with Crippen molar-refractivity contribution in [3.05, 3.63) is 34.7 Å². The van der Waals surface area contributed by atoms with Gasteiger partial charge in [0.15, 0.2) is 0 Å². The highest BCUT2D eigenvalue weighted by Crippen LogP contribution is 2.36. The molecule has 1 aliphatic rings. The van der Waals surface area contributed by atoms with Crippen LogP contribution in [0, 0.1) is 0 Å². The molecule has 4 heteroatoms. The molecule has 0 fully saturated rings. The van der Waals surface area contributed by atoms with Gasteiger partial charge in [0.2, 0.25) is 9.84 Å².